The maximum Gasteiger partial charge on any atom is 0.243 e. The summed E-state index contributed by atoms with van der Waals surface area (Å²) in [6.07, 6.45) is 1.43. The minimum atomic E-state index is -3.62. The molecule has 0 aromatic heterocycles. The molecule has 0 radical (unpaired) electrons. The number of amides is 1. The first-order valence-electron chi connectivity index (χ1n) is 8.14. The number of rotatable bonds is 7. The summed E-state index contributed by atoms with van der Waals surface area (Å²) < 4.78 is 37.4. The van der Waals surface area contributed by atoms with Crippen LogP contribution in [0.25, 0.3) is 0 Å². The summed E-state index contributed by atoms with van der Waals surface area (Å²) in [4.78, 5) is 11.8. The zero-order valence-corrected chi connectivity index (χ0v) is 16.6. The summed E-state index contributed by atoms with van der Waals surface area (Å²) in [5, 5.41) is 2.89. The highest BCUT2D eigenvalue weighted by Gasteiger charge is 2.30. The minimum Gasteiger partial charge on any atom is -0.493 e. The molecule has 0 saturated carbocycles. The number of sulfonamides is 1. The van der Waals surface area contributed by atoms with E-state index >= 15 is 0 Å². The molecule has 0 aliphatic carbocycles. The SMILES string of the molecule is COc1ccc(S(=O)(=O)N2CCC(NC(=O)CCN)CC2)cc1OC.Cl. The van der Waals surface area contributed by atoms with E-state index in [4.69, 9.17) is 15.2 Å². The summed E-state index contributed by atoms with van der Waals surface area (Å²) in [7, 11) is -0.659. The fourth-order valence-electron chi connectivity index (χ4n) is 2.80. The Morgan fingerprint density at radius 3 is 2.38 bits per heavy atom. The molecule has 1 aliphatic rings. The van der Waals surface area contributed by atoms with Crippen LogP contribution < -0.4 is 20.5 Å². The van der Waals surface area contributed by atoms with Gasteiger partial charge in [-0.1, -0.05) is 0 Å². The summed E-state index contributed by atoms with van der Waals surface area (Å²) in [5.41, 5.74) is 5.35. The van der Waals surface area contributed by atoms with Gasteiger partial charge >= 0.3 is 0 Å². The number of methoxy groups -OCH3 is 2. The van der Waals surface area contributed by atoms with E-state index in [2.05, 4.69) is 5.32 Å². The highest BCUT2D eigenvalue weighted by Crippen LogP contribution is 2.31. The number of piperidine rings is 1. The van der Waals surface area contributed by atoms with Crippen LogP contribution in [-0.2, 0) is 14.8 Å². The zero-order chi connectivity index (χ0) is 18.4. The van der Waals surface area contributed by atoms with E-state index in [-0.39, 0.29) is 35.7 Å². The highest BCUT2D eigenvalue weighted by atomic mass is 35.5. The molecule has 1 heterocycles. The smallest absolute Gasteiger partial charge is 0.243 e. The average Bonchev–Trinajstić information content (AvgIpc) is 2.61. The molecule has 1 fully saturated rings. The van der Waals surface area contributed by atoms with Crippen LogP contribution >= 0.6 is 12.4 Å². The van der Waals surface area contributed by atoms with Crippen molar-refractivity contribution < 1.29 is 22.7 Å². The van der Waals surface area contributed by atoms with Gasteiger partial charge in [0, 0.05) is 38.2 Å². The van der Waals surface area contributed by atoms with Crippen molar-refractivity contribution in [2.75, 3.05) is 33.9 Å². The number of hydrogen-bond donors (Lipinski definition) is 2. The molecule has 2 rings (SSSR count). The third-order valence-electron chi connectivity index (χ3n) is 4.18. The second kappa shape index (κ2) is 9.96. The molecule has 1 aliphatic heterocycles. The molecule has 148 valence electrons. The monoisotopic (exact) mass is 407 g/mol. The molecule has 1 amide bonds. The number of halogens is 1. The Bertz CT molecular complexity index is 706. The first kappa shape index (κ1) is 22.5. The summed E-state index contributed by atoms with van der Waals surface area (Å²) in [6.45, 7) is 1.01. The number of nitrogens with zero attached hydrogens (tertiary/aromatic N) is 1. The van der Waals surface area contributed by atoms with Crippen LogP contribution in [0, 0.1) is 0 Å². The predicted octanol–water partition coefficient (Wildman–Crippen LogP) is 0.744. The van der Waals surface area contributed by atoms with Gasteiger partial charge in [-0.2, -0.15) is 4.31 Å². The molecule has 0 spiro atoms. The van der Waals surface area contributed by atoms with Crippen molar-refractivity contribution in [3.05, 3.63) is 18.2 Å². The van der Waals surface area contributed by atoms with E-state index in [1.807, 2.05) is 0 Å². The van der Waals surface area contributed by atoms with E-state index in [1.54, 1.807) is 6.07 Å². The number of hydrogen-bond acceptors (Lipinski definition) is 6. The van der Waals surface area contributed by atoms with Crippen molar-refractivity contribution in [1.29, 1.82) is 0 Å². The summed E-state index contributed by atoms with van der Waals surface area (Å²) in [6, 6.07) is 4.52. The maximum absolute atomic E-state index is 12.8. The molecule has 0 atom stereocenters. The Morgan fingerprint density at radius 2 is 1.85 bits per heavy atom. The molecule has 10 heteroatoms. The van der Waals surface area contributed by atoms with Gasteiger partial charge in [0.15, 0.2) is 11.5 Å². The van der Waals surface area contributed by atoms with Gasteiger partial charge in [-0.05, 0) is 25.0 Å². The van der Waals surface area contributed by atoms with E-state index in [0.29, 0.717) is 44.0 Å². The van der Waals surface area contributed by atoms with Gasteiger partial charge in [0.2, 0.25) is 15.9 Å². The molecule has 0 unspecified atom stereocenters. The van der Waals surface area contributed by atoms with Gasteiger partial charge in [0.25, 0.3) is 0 Å². The second-order valence-corrected chi connectivity index (χ2v) is 7.74. The third-order valence-corrected chi connectivity index (χ3v) is 6.08. The molecule has 1 saturated heterocycles. The number of ether oxygens (including phenoxy) is 2. The topological polar surface area (TPSA) is 111 Å². The van der Waals surface area contributed by atoms with Crippen LogP contribution in [0.15, 0.2) is 23.1 Å². The zero-order valence-electron chi connectivity index (χ0n) is 14.9. The Labute approximate surface area is 160 Å². The molecule has 1 aromatic carbocycles. The maximum atomic E-state index is 12.8. The normalized spacial score (nSPS) is 15.8. The molecule has 8 nitrogen and oxygen atoms in total. The Balaban J connectivity index is 0.00000338. The molecular weight excluding hydrogens is 382 g/mol. The van der Waals surface area contributed by atoms with Crippen molar-refractivity contribution in [3.63, 3.8) is 0 Å². The quantitative estimate of drug-likeness (QED) is 0.689. The Hall–Kier alpha value is -1.55. The standard InChI is InChI=1S/C16H25N3O5S.ClH/c1-23-14-4-3-13(11-15(14)24-2)25(21,22)19-9-6-12(7-10-19)18-16(20)5-8-17;/h3-4,11-12H,5-10,17H2,1-2H3,(H,18,20);1H. The van der Waals surface area contributed by atoms with Gasteiger partial charge in [0.1, 0.15) is 0 Å². The number of nitrogens with one attached hydrogen (secondary N) is 1. The fourth-order valence-corrected chi connectivity index (χ4v) is 4.28. The number of carbonyl (C=O) groups is 1. The van der Waals surface area contributed by atoms with Gasteiger partial charge in [-0.3, -0.25) is 4.79 Å². The van der Waals surface area contributed by atoms with Crippen molar-refractivity contribution in [2.45, 2.75) is 30.2 Å². The van der Waals surface area contributed by atoms with Gasteiger partial charge in [-0.25, -0.2) is 8.42 Å². The Kier molecular flexibility index (Phi) is 8.61. The van der Waals surface area contributed by atoms with Gasteiger partial charge < -0.3 is 20.5 Å². The number of benzene rings is 1. The lowest BCUT2D eigenvalue weighted by Crippen LogP contribution is -2.46. The summed E-state index contributed by atoms with van der Waals surface area (Å²) in [5.74, 6) is 0.749. The lowest BCUT2D eigenvalue weighted by Gasteiger charge is -2.31. The fraction of sp³-hybridized carbons (Fsp3) is 0.562. The van der Waals surface area contributed by atoms with E-state index in [9.17, 15) is 13.2 Å². The highest BCUT2D eigenvalue weighted by molar-refractivity contribution is 7.89. The molecular formula is C16H26ClN3O5S. The lowest BCUT2D eigenvalue weighted by molar-refractivity contribution is -0.121. The van der Waals surface area contributed by atoms with Crippen molar-refractivity contribution >= 4 is 28.3 Å². The van der Waals surface area contributed by atoms with E-state index in [1.165, 1.54) is 30.7 Å². The predicted molar refractivity (Wildman–Crippen MR) is 100 cm³/mol. The van der Waals surface area contributed by atoms with Crippen LogP contribution in [-0.4, -0.2) is 58.5 Å². The lowest BCUT2D eigenvalue weighted by atomic mass is 10.1. The second-order valence-electron chi connectivity index (χ2n) is 5.80. The Morgan fingerprint density at radius 1 is 1.23 bits per heavy atom. The summed E-state index contributed by atoms with van der Waals surface area (Å²) >= 11 is 0. The van der Waals surface area contributed by atoms with E-state index < -0.39 is 10.0 Å². The van der Waals surface area contributed by atoms with Crippen molar-refractivity contribution in [3.8, 4) is 11.5 Å². The largest absolute Gasteiger partial charge is 0.493 e. The van der Waals surface area contributed by atoms with Crippen LogP contribution in [0.5, 0.6) is 11.5 Å². The van der Waals surface area contributed by atoms with Crippen LogP contribution in [0.2, 0.25) is 0 Å². The van der Waals surface area contributed by atoms with Gasteiger partial charge in [0.05, 0.1) is 19.1 Å². The van der Waals surface area contributed by atoms with Crippen molar-refractivity contribution in [2.24, 2.45) is 5.73 Å². The molecule has 3 N–H and O–H groups in total. The molecule has 26 heavy (non-hydrogen) atoms. The minimum absolute atomic E-state index is 0. The van der Waals surface area contributed by atoms with Crippen molar-refractivity contribution in [1.82, 2.24) is 9.62 Å². The molecule has 0 bridgehead atoms. The third kappa shape index (κ3) is 5.23. The number of nitrogens with two attached hydrogens (primary N) is 1. The first-order chi connectivity index (χ1) is 11.9. The van der Waals surface area contributed by atoms with Crippen LogP contribution in [0.3, 0.4) is 0 Å². The average molecular weight is 408 g/mol. The van der Waals surface area contributed by atoms with Crippen LogP contribution in [0.4, 0.5) is 0 Å². The molecule has 1 aromatic rings. The van der Waals surface area contributed by atoms with Crippen LogP contribution in [0.1, 0.15) is 19.3 Å². The van der Waals surface area contributed by atoms with E-state index in [0.717, 1.165) is 0 Å². The first-order valence-corrected chi connectivity index (χ1v) is 9.58. The number of carbonyl (C=O) groups excluding carboxylic acids is 1. The van der Waals surface area contributed by atoms with Gasteiger partial charge in [-0.15, -0.1) is 12.4 Å².